The van der Waals surface area contributed by atoms with E-state index < -0.39 is 10.0 Å². The van der Waals surface area contributed by atoms with Crippen LogP contribution < -0.4 is 4.72 Å². The highest BCUT2D eigenvalue weighted by atomic mass is 79.9. The molecule has 0 fully saturated rings. The zero-order valence-corrected chi connectivity index (χ0v) is 14.4. The van der Waals surface area contributed by atoms with Gasteiger partial charge in [-0.3, -0.25) is 4.72 Å². The molecule has 114 valence electrons. The second-order valence-electron chi connectivity index (χ2n) is 4.97. The third-order valence-electron chi connectivity index (χ3n) is 3.24. The molecule has 21 heavy (non-hydrogen) atoms. The normalized spacial score (nSPS) is 11.7. The first-order valence-corrected chi connectivity index (χ1v) is 8.58. The molecular formula is C14H17BrN2O3S. The van der Waals surface area contributed by atoms with Crippen molar-refractivity contribution in [2.24, 2.45) is 7.05 Å². The molecule has 0 spiro atoms. The lowest BCUT2D eigenvalue weighted by Gasteiger charge is -2.10. The van der Waals surface area contributed by atoms with Crippen LogP contribution in [-0.2, 0) is 23.7 Å². The number of aryl methyl sites for hydroxylation is 3. The van der Waals surface area contributed by atoms with E-state index in [0.29, 0.717) is 11.4 Å². The Bertz CT molecular complexity index is 759. The average molecular weight is 373 g/mol. The van der Waals surface area contributed by atoms with E-state index in [1.165, 1.54) is 12.3 Å². The van der Waals surface area contributed by atoms with Crippen LogP contribution in [0.4, 0.5) is 5.69 Å². The Kier molecular flexibility index (Phi) is 4.46. The van der Waals surface area contributed by atoms with Gasteiger partial charge in [0.2, 0.25) is 0 Å². The summed E-state index contributed by atoms with van der Waals surface area (Å²) in [6.07, 6.45) is 1.48. The predicted octanol–water partition coefficient (Wildman–Crippen LogP) is 2.70. The number of aliphatic hydroxyl groups is 1. The number of aromatic nitrogens is 1. The molecule has 0 amide bonds. The summed E-state index contributed by atoms with van der Waals surface area (Å²) < 4.78 is 29.9. The minimum absolute atomic E-state index is 0.132. The lowest BCUT2D eigenvalue weighted by Crippen LogP contribution is -2.12. The summed E-state index contributed by atoms with van der Waals surface area (Å²) in [5.41, 5.74) is 2.97. The van der Waals surface area contributed by atoms with E-state index >= 15 is 0 Å². The number of sulfonamides is 1. The summed E-state index contributed by atoms with van der Waals surface area (Å²) in [6, 6.07) is 5.00. The van der Waals surface area contributed by atoms with Crippen LogP contribution in [0.5, 0.6) is 0 Å². The van der Waals surface area contributed by atoms with Gasteiger partial charge in [0.05, 0.1) is 6.61 Å². The molecule has 0 aliphatic carbocycles. The van der Waals surface area contributed by atoms with Crippen LogP contribution in [0.1, 0.15) is 16.8 Å². The number of benzene rings is 1. The Balaban J connectivity index is 2.37. The molecule has 0 saturated carbocycles. The lowest BCUT2D eigenvalue weighted by atomic mass is 10.1. The van der Waals surface area contributed by atoms with Gasteiger partial charge in [0.15, 0.2) is 0 Å². The second kappa shape index (κ2) is 5.82. The van der Waals surface area contributed by atoms with Crippen molar-refractivity contribution < 1.29 is 13.5 Å². The lowest BCUT2D eigenvalue weighted by molar-refractivity contribution is 0.272. The van der Waals surface area contributed by atoms with E-state index in [-0.39, 0.29) is 11.5 Å². The summed E-state index contributed by atoms with van der Waals surface area (Å²) in [6.45, 7) is 3.60. The molecule has 0 bridgehead atoms. The van der Waals surface area contributed by atoms with Crippen molar-refractivity contribution in [1.82, 2.24) is 4.57 Å². The van der Waals surface area contributed by atoms with Crippen LogP contribution in [0, 0.1) is 13.8 Å². The number of hydrogen-bond donors (Lipinski definition) is 2. The van der Waals surface area contributed by atoms with Crippen molar-refractivity contribution in [3.05, 3.63) is 45.7 Å². The summed E-state index contributed by atoms with van der Waals surface area (Å²) in [5, 5.41) is 9.15. The number of aliphatic hydroxyl groups excluding tert-OH is 1. The van der Waals surface area contributed by atoms with Crippen LogP contribution >= 0.6 is 15.9 Å². The smallest absolute Gasteiger partial charge is 0.263 e. The Hall–Kier alpha value is -1.31. The van der Waals surface area contributed by atoms with Crippen molar-refractivity contribution in [1.29, 1.82) is 0 Å². The molecule has 1 aromatic carbocycles. The van der Waals surface area contributed by atoms with Crippen LogP contribution in [0.2, 0.25) is 0 Å². The number of nitrogens with zero attached hydrogens (tertiary/aromatic N) is 1. The minimum atomic E-state index is -3.67. The van der Waals surface area contributed by atoms with Crippen LogP contribution in [0.25, 0.3) is 0 Å². The highest BCUT2D eigenvalue weighted by molar-refractivity contribution is 9.10. The molecule has 1 aromatic heterocycles. The first kappa shape index (κ1) is 16.1. The van der Waals surface area contributed by atoms with E-state index in [0.717, 1.165) is 15.6 Å². The molecule has 2 aromatic rings. The number of rotatable bonds is 4. The molecule has 0 radical (unpaired) electrons. The molecule has 7 heteroatoms. The maximum absolute atomic E-state index is 12.4. The van der Waals surface area contributed by atoms with E-state index in [1.807, 2.05) is 13.8 Å². The highest BCUT2D eigenvalue weighted by Gasteiger charge is 2.18. The van der Waals surface area contributed by atoms with Gasteiger partial charge in [-0.1, -0.05) is 15.9 Å². The van der Waals surface area contributed by atoms with Gasteiger partial charge >= 0.3 is 0 Å². The highest BCUT2D eigenvalue weighted by Crippen LogP contribution is 2.26. The zero-order valence-electron chi connectivity index (χ0n) is 12.0. The molecule has 0 aliphatic rings. The first-order chi connectivity index (χ1) is 9.74. The van der Waals surface area contributed by atoms with Gasteiger partial charge in [-0.15, -0.1) is 0 Å². The minimum Gasteiger partial charge on any atom is -0.390 e. The monoisotopic (exact) mass is 372 g/mol. The second-order valence-corrected chi connectivity index (χ2v) is 7.44. The Morgan fingerprint density at radius 1 is 1.24 bits per heavy atom. The van der Waals surface area contributed by atoms with Gasteiger partial charge < -0.3 is 9.67 Å². The molecule has 5 nitrogen and oxygen atoms in total. The fourth-order valence-electron chi connectivity index (χ4n) is 2.10. The Morgan fingerprint density at radius 3 is 2.29 bits per heavy atom. The molecule has 0 aliphatic heterocycles. The fraction of sp³-hybridized carbons (Fsp3) is 0.286. The molecule has 2 rings (SSSR count). The van der Waals surface area contributed by atoms with Gasteiger partial charge in [0, 0.05) is 29.1 Å². The van der Waals surface area contributed by atoms with Crippen molar-refractivity contribution in [3.8, 4) is 0 Å². The van der Waals surface area contributed by atoms with Crippen molar-refractivity contribution in [2.75, 3.05) is 4.72 Å². The van der Waals surface area contributed by atoms with Crippen LogP contribution in [-0.4, -0.2) is 18.1 Å². The van der Waals surface area contributed by atoms with Crippen molar-refractivity contribution in [3.63, 3.8) is 0 Å². The SMILES string of the molecule is Cc1cc(NS(=O)(=O)c2cc(CO)n(C)c2)cc(C)c1Br. The van der Waals surface area contributed by atoms with Crippen molar-refractivity contribution in [2.45, 2.75) is 25.3 Å². The maximum Gasteiger partial charge on any atom is 0.263 e. The number of hydrogen-bond acceptors (Lipinski definition) is 3. The molecule has 1 heterocycles. The number of halogens is 1. The van der Waals surface area contributed by atoms with E-state index in [2.05, 4.69) is 20.7 Å². The van der Waals surface area contributed by atoms with Gasteiger partial charge in [-0.2, -0.15) is 0 Å². The predicted molar refractivity (Wildman–Crippen MR) is 85.8 cm³/mol. The molecular weight excluding hydrogens is 356 g/mol. The third kappa shape index (κ3) is 3.30. The molecule has 2 N–H and O–H groups in total. The zero-order chi connectivity index (χ0) is 15.8. The summed E-state index contributed by atoms with van der Waals surface area (Å²) in [5.74, 6) is 0. The fourth-order valence-corrected chi connectivity index (χ4v) is 3.46. The largest absolute Gasteiger partial charge is 0.390 e. The van der Waals surface area contributed by atoms with E-state index in [9.17, 15) is 8.42 Å². The van der Waals surface area contributed by atoms with E-state index in [1.54, 1.807) is 23.7 Å². The standard InChI is InChI=1S/C14H17BrN2O3S/c1-9-4-11(5-10(2)14(9)15)16-21(19,20)13-6-12(8-18)17(3)7-13/h4-7,16,18H,8H2,1-3H3. The first-order valence-electron chi connectivity index (χ1n) is 6.30. The quantitative estimate of drug-likeness (QED) is 0.866. The van der Waals surface area contributed by atoms with Gasteiger partial charge in [0.1, 0.15) is 4.90 Å². The molecule has 0 unspecified atom stereocenters. The summed E-state index contributed by atoms with van der Waals surface area (Å²) >= 11 is 3.45. The topological polar surface area (TPSA) is 71.3 Å². The Morgan fingerprint density at radius 2 is 1.81 bits per heavy atom. The summed E-state index contributed by atoms with van der Waals surface area (Å²) in [4.78, 5) is 0.132. The third-order valence-corrected chi connectivity index (χ3v) is 5.84. The number of nitrogens with one attached hydrogen (secondary N) is 1. The average Bonchev–Trinajstić information content (AvgIpc) is 2.77. The van der Waals surface area contributed by atoms with Gasteiger partial charge in [-0.05, 0) is 43.2 Å². The van der Waals surface area contributed by atoms with E-state index in [4.69, 9.17) is 5.11 Å². The van der Waals surface area contributed by atoms with Gasteiger partial charge in [0.25, 0.3) is 10.0 Å². The van der Waals surface area contributed by atoms with Crippen LogP contribution in [0.3, 0.4) is 0 Å². The van der Waals surface area contributed by atoms with Gasteiger partial charge in [-0.25, -0.2) is 8.42 Å². The van der Waals surface area contributed by atoms with Crippen molar-refractivity contribution >= 4 is 31.6 Å². The number of anilines is 1. The summed E-state index contributed by atoms with van der Waals surface area (Å²) in [7, 11) is -1.98. The molecule has 0 atom stereocenters. The Labute approximate surface area is 132 Å². The molecule has 0 saturated heterocycles. The van der Waals surface area contributed by atoms with Crippen LogP contribution in [0.15, 0.2) is 33.8 Å². The maximum atomic E-state index is 12.4.